The van der Waals surface area contributed by atoms with Crippen molar-refractivity contribution in [1.82, 2.24) is 25.3 Å². The van der Waals surface area contributed by atoms with E-state index in [1.54, 1.807) is 22.3 Å². The smallest absolute Gasteiger partial charge is 0.146 e. The van der Waals surface area contributed by atoms with Gasteiger partial charge in [0.05, 0.1) is 17.6 Å². The minimum absolute atomic E-state index is 0.841. The molecule has 0 bridgehead atoms. The van der Waals surface area contributed by atoms with Gasteiger partial charge in [0.2, 0.25) is 0 Å². The molecule has 0 radical (unpaired) electrons. The second kappa shape index (κ2) is 4.81. The molecule has 5 nitrogen and oxygen atoms in total. The first-order valence-electron chi connectivity index (χ1n) is 6.57. The van der Waals surface area contributed by atoms with Crippen LogP contribution in [0, 0.1) is 0 Å². The molecule has 3 heterocycles. The Balaban J connectivity index is 1.70. The highest BCUT2D eigenvalue weighted by atomic mass is 32.1. The molecule has 0 atom stereocenters. The number of para-hydroxylation sites is 1. The van der Waals surface area contributed by atoms with Gasteiger partial charge in [0, 0.05) is 24.4 Å². The summed E-state index contributed by atoms with van der Waals surface area (Å²) in [5.74, 6) is 0. The van der Waals surface area contributed by atoms with Gasteiger partial charge in [-0.2, -0.15) is 9.90 Å². The second-order valence-corrected chi connectivity index (χ2v) is 5.75. The lowest BCUT2D eigenvalue weighted by Gasteiger charge is -2.09. The minimum Gasteiger partial charge on any atom is -0.311 e. The molecular formula is C14H13N5S. The number of hydrogen-bond acceptors (Lipinski definition) is 5. The molecule has 0 aliphatic carbocycles. The van der Waals surface area contributed by atoms with Crippen LogP contribution in [0.3, 0.4) is 0 Å². The van der Waals surface area contributed by atoms with Crippen LogP contribution >= 0.6 is 11.3 Å². The summed E-state index contributed by atoms with van der Waals surface area (Å²) in [5, 5.41) is 13.2. The molecule has 1 N–H and O–H groups in total. The predicted molar refractivity (Wildman–Crippen MR) is 77.9 cm³/mol. The Morgan fingerprint density at radius 2 is 2.10 bits per heavy atom. The molecule has 1 aromatic carbocycles. The summed E-state index contributed by atoms with van der Waals surface area (Å²) in [6.07, 6.45) is 2.78. The van der Waals surface area contributed by atoms with E-state index in [0.717, 1.165) is 35.9 Å². The maximum atomic E-state index is 4.69. The molecule has 0 spiro atoms. The van der Waals surface area contributed by atoms with Crippen molar-refractivity contribution in [2.45, 2.75) is 13.0 Å². The van der Waals surface area contributed by atoms with Crippen molar-refractivity contribution in [3.63, 3.8) is 0 Å². The molecule has 1 aliphatic rings. The first-order valence-corrected chi connectivity index (χ1v) is 7.39. The Kier molecular flexibility index (Phi) is 2.82. The van der Waals surface area contributed by atoms with Crippen LogP contribution in [-0.2, 0) is 13.0 Å². The fourth-order valence-corrected chi connectivity index (χ4v) is 3.31. The van der Waals surface area contributed by atoms with Gasteiger partial charge in [0.25, 0.3) is 0 Å². The van der Waals surface area contributed by atoms with E-state index in [9.17, 15) is 0 Å². The summed E-state index contributed by atoms with van der Waals surface area (Å²) in [7, 11) is 0. The molecule has 0 saturated carbocycles. The van der Waals surface area contributed by atoms with Crippen LogP contribution in [0.2, 0.25) is 0 Å². The maximum absolute atomic E-state index is 4.69. The quantitative estimate of drug-likeness (QED) is 0.782. The van der Waals surface area contributed by atoms with Crippen molar-refractivity contribution < 1.29 is 0 Å². The molecule has 0 amide bonds. The van der Waals surface area contributed by atoms with Crippen molar-refractivity contribution in [3.8, 4) is 16.4 Å². The van der Waals surface area contributed by atoms with E-state index in [2.05, 4.69) is 15.5 Å². The highest BCUT2D eigenvalue weighted by Crippen LogP contribution is 2.28. The standard InChI is InChI=1S/C14H13N5S/c1-2-4-10(5-3-1)19-16-8-12(18-19)14-17-11-6-7-15-9-13(11)20-14/h1-5,8,15H,6-7,9H2. The van der Waals surface area contributed by atoms with Gasteiger partial charge in [-0.3, -0.25) is 0 Å². The third kappa shape index (κ3) is 2.03. The molecule has 3 aromatic rings. The van der Waals surface area contributed by atoms with Gasteiger partial charge in [-0.15, -0.1) is 16.4 Å². The Morgan fingerprint density at radius 3 is 2.95 bits per heavy atom. The van der Waals surface area contributed by atoms with Gasteiger partial charge in [-0.1, -0.05) is 18.2 Å². The average Bonchev–Trinajstić information content (AvgIpc) is 3.14. The summed E-state index contributed by atoms with van der Waals surface area (Å²) in [6.45, 7) is 1.92. The number of nitrogens with one attached hydrogen (secondary N) is 1. The number of nitrogens with zero attached hydrogens (tertiary/aromatic N) is 4. The largest absolute Gasteiger partial charge is 0.311 e. The first kappa shape index (κ1) is 11.7. The molecule has 2 aromatic heterocycles. The lowest BCUT2D eigenvalue weighted by atomic mass is 10.2. The molecule has 4 rings (SSSR count). The Hall–Kier alpha value is -2.05. The topological polar surface area (TPSA) is 55.6 Å². The highest BCUT2D eigenvalue weighted by Gasteiger charge is 2.17. The number of thiazole rings is 1. The maximum Gasteiger partial charge on any atom is 0.146 e. The van der Waals surface area contributed by atoms with Crippen LogP contribution in [0.5, 0.6) is 0 Å². The number of aromatic nitrogens is 4. The van der Waals surface area contributed by atoms with Gasteiger partial charge in [0.15, 0.2) is 0 Å². The fraction of sp³-hybridized carbons (Fsp3) is 0.214. The number of fused-ring (bicyclic) bond motifs is 1. The second-order valence-electron chi connectivity index (χ2n) is 4.67. The number of benzene rings is 1. The fourth-order valence-electron chi connectivity index (χ4n) is 2.28. The molecule has 100 valence electrons. The van der Waals surface area contributed by atoms with Crippen LogP contribution in [0.15, 0.2) is 36.5 Å². The molecule has 0 fully saturated rings. The molecular weight excluding hydrogens is 270 g/mol. The van der Waals surface area contributed by atoms with Crippen molar-refractivity contribution in [1.29, 1.82) is 0 Å². The Labute approximate surface area is 120 Å². The molecule has 20 heavy (non-hydrogen) atoms. The molecule has 0 unspecified atom stereocenters. The number of hydrogen-bond donors (Lipinski definition) is 1. The lowest BCUT2D eigenvalue weighted by Crippen LogP contribution is -2.22. The summed E-state index contributed by atoms with van der Waals surface area (Å²) < 4.78 is 0. The first-order chi connectivity index (χ1) is 9.90. The van der Waals surface area contributed by atoms with Crippen molar-refractivity contribution >= 4 is 11.3 Å². The van der Waals surface area contributed by atoms with E-state index >= 15 is 0 Å². The third-order valence-electron chi connectivity index (χ3n) is 3.30. The summed E-state index contributed by atoms with van der Waals surface area (Å²) >= 11 is 1.71. The van der Waals surface area contributed by atoms with Crippen LogP contribution in [0.25, 0.3) is 16.4 Å². The Bertz CT molecular complexity index is 708. The third-order valence-corrected chi connectivity index (χ3v) is 4.42. The van der Waals surface area contributed by atoms with Crippen molar-refractivity contribution in [2.24, 2.45) is 0 Å². The zero-order valence-electron chi connectivity index (χ0n) is 10.8. The number of rotatable bonds is 2. The van der Waals surface area contributed by atoms with E-state index in [0.29, 0.717) is 0 Å². The summed E-state index contributed by atoms with van der Waals surface area (Å²) in [5.41, 5.74) is 3.01. The van der Waals surface area contributed by atoms with E-state index < -0.39 is 0 Å². The van der Waals surface area contributed by atoms with Gasteiger partial charge >= 0.3 is 0 Å². The van der Waals surface area contributed by atoms with Gasteiger partial charge in [-0.05, 0) is 12.1 Å². The van der Waals surface area contributed by atoms with Crippen LogP contribution in [0.1, 0.15) is 10.6 Å². The SMILES string of the molecule is c1ccc(-n2ncc(-c3nc4c(s3)CNCC4)n2)cc1. The summed E-state index contributed by atoms with van der Waals surface area (Å²) in [4.78, 5) is 7.66. The van der Waals surface area contributed by atoms with Crippen LogP contribution in [0.4, 0.5) is 0 Å². The van der Waals surface area contributed by atoms with E-state index in [1.807, 2.05) is 30.3 Å². The van der Waals surface area contributed by atoms with E-state index in [4.69, 9.17) is 4.98 Å². The van der Waals surface area contributed by atoms with Crippen molar-refractivity contribution in [2.75, 3.05) is 6.54 Å². The van der Waals surface area contributed by atoms with Gasteiger partial charge < -0.3 is 5.32 Å². The van der Waals surface area contributed by atoms with E-state index in [1.165, 1.54) is 10.6 Å². The average molecular weight is 283 g/mol. The normalized spacial score (nSPS) is 14.2. The van der Waals surface area contributed by atoms with E-state index in [-0.39, 0.29) is 0 Å². The molecule has 6 heteroatoms. The van der Waals surface area contributed by atoms with Gasteiger partial charge in [-0.25, -0.2) is 4.98 Å². The van der Waals surface area contributed by atoms with Gasteiger partial charge in [0.1, 0.15) is 10.7 Å². The zero-order valence-corrected chi connectivity index (χ0v) is 11.6. The van der Waals surface area contributed by atoms with Crippen molar-refractivity contribution in [3.05, 3.63) is 47.1 Å². The predicted octanol–water partition coefficient (Wildman–Crippen LogP) is 2.04. The molecule has 0 saturated heterocycles. The summed E-state index contributed by atoms with van der Waals surface area (Å²) in [6, 6.07) is 9.91. The monoisotopic (exact) mass is 283 g/mol. The van der Waals surface area contributed by atoms with Crippen LogP contribution < -0.4 is 5.32 Å². The zero-order chi connectivity index (χ0) is 13.4. The van der Waals surface area contributed by atoms with Crippen LogP contribution in [-0.4, -0.2) is 26.5 Å². The highest BCUT2D eigenvalue weighted by molar-refractivity contribution is 7.15. The minimum atomic E-state index is 0.841. The molecule has 1 aliphatic heterocycles. The lowest BCUT2D eigenvalue weighted by molar-refractivity contribution is 0.644. The Morgan fingerprint density at radius 1 is 1.20 bits per heavy atom.